The fourth-order valence-corrected chi connectivity index (χ4v) is 4.73. The van der Waals surface area contributed by atoms with Crippen molar-refractivity contribution in [2.24, 2.45) is 22.2 Å². The van der Waals surface area contributed by atoms with Gasteiger partial charge in [0, 0.05) is 25.4 Å². The van der Waals surface area contributed by atoms with Gasteiger partial charge in [-0.25, -0.2) is 4.98 Å². The van der Waals surface area contributed by atoms with Crippen LogP contribution in [0.4, 0.5) is 0 Å². The number of aliphatic imine (C=N–C) groups is 1. The van der Waals surface area contributed by atoms with Crippen molar-refractivity contribution in [3.63, 3.8) is 0 Å². The molecule has 3 atom stereocenters. The zero-order valence-electron chi connectivity index (χ0n) is 24.0. The van der Waals surface area contributed by atoms with Crippen LogP contribution < -0.4 is 4.74 Å². The number of hydrogen-bond acceptors (Lipinski definition) is 7. The zero-order valence-corrected chi connectivity index (χ0v) is 26.3. The van der Waals surface area contributed by atoms with Crippen molar-refractivity contribution < 1.29 is 14.3 Å². The molecule has 0 bridgehead atoms. The number of aromatic nitrogens is 1. The second kappa shape index (κ2) is 15.4. The molecule has 8 nitrogen and oxygen atoms in total. The molecule has 1 fully saturated rings. The van der Waals surface area contributed by atoms with Crippen LogP contribution in [0.2, 0.25) is 5.15 Å². The van der Waals surface area contributed by atoms with E-state index in [1.165, 1.54) is 0 Å². The molecule has 1 aromatic heterocycles. The Kier molecular flexibility index (Phi) is 12.0. The summed E-state index contributed by atoms with van der Waals surface area (Å²) >= 11 is 17.1. The van der Waals surface area contributed by atoms with E-state index in [0.29, 0.717) is 34.6 Å². The SMILES string of the molecule is C/C(=N\C#N)N(C)Cc1ccc(Cl)nc1.CC1(C)C(C=C(Cl)Cl)C1C(=O)OC(C#N)c1cccc(Oc2ccccc2)c1. The highest BCUT2D eigenvalue weighted by Crippen LogP contribution is 2.60. The fourth-order valence-electron chi connectivity index (χ4n) is 4.34. The van der Waals surface area contributed by atoms with E-state index in [2.05, 4.69) is 9.98 Å². The maximum Gasteiger partial charge on any atom is 0.311 e. The van der Waals surface area contributed by atoms with Crippen LogP contribution in [-0.4, -0.2) is 28.7 Å². The standard InChI is InChI=1S/C22H19Cl2NO3.C10H11ClN4/c1-22(2)17(12-19(23)24)20(22)21(26)28-18(13-25)14-7-6-10-16(11-14)27-15-8-4-3-5-9-15;1-8(14-7-12)15(2)6-9-3-4-10(11)13-5-9/h3-12,17-18,20H,1-2H3;3-5H,6H2,1-2H3/b;14-8+. The number of hydrogen-bond donors (Lipinski definition) is 0. The van der Waals surface area contributed by atoms with Gasteiger partial charge >= 0.3 is 5.97 Å². The number of esters is 1. The molecule has 222 valence electrons. The van der Waals surface area contributed by atoms with Gasteiger partial charge in [-0.1, -0.05) is 85.0 Å². The van der Waals surface area contributed by atoms with E-state index in [0.717, 1.165) is 5.56 Å². The molecule has 0 spiro atoms. The Balaban J connectivity index is 0.000000285. The van der Waals surface area contributed by atoms with Crippen molar-refractivity contribution in [2.75, 3.05) is 7.05 Å². The van der Waals surface area contributed by atoms with E-state index in [-0.39, 0.29) is 21.7 Å². The van der Waals surface area contributed by atoms with Crippen LogP contribution in [-0.2, 0) is 16.1 Å². The summed E-state index contributed by atoms with van der Waals surface area (Å²) in [4.78, 5) is 22.1. The predicted octanol–water partition coefficient (Wildman–Crippen LogP) is 8.24. The number of ether oxygens (including phenoxy) is 2. The third-order valence-electron chi connectivity index (χ3n) is 6.93. The molecule has 2 aromatic carbocycles. The molecule has 1 heterocycles. The number of carbonyl (C=O) groups is 1. The molecule has 43 heavy (non-hydrogen) atoms. The summed E-state index contributed by atoms with van der Waals surface area (Å²) in [5, 5.41) is 18.4. The molecule has 0 N–H and O–H groups in total. The van der Waals surface area contributed by atoms with E-state index in [9.17, 15) is 10.1 Å². The summed E-state index contributed by atoms with van der Waals surface area (Å²) < 4.78 is 11.4. The van der Waals surface area contributed by atoms with Gasteiger partial charge in [0.1, 0.15) is 33.0 Å². The fraction of sp³-hybridized carbons (Fsp3) is 0.281. The number of benzene rings is 2. The highest BCUT2D eigenvalue weighted by atomic mass is 35.5. The number of pyridine rings is 1. The smallest absolute Gasteiger partial charge is 0.311 e. The monoisotopic (exact) mass is 637 g/mol. The van der Waals surface area contributed by atoms with Crippen molar-refractivity contribution in [1.82, 2.24) is 9.88 Å². The van der Waals surface area contributed by atoms with Crippen molar-refractivity contribution in [1.29, 1.82) is 10.5 Å². The highest BCUT2D eigenvalue weighted by Gasteiger charge is 2.62. The van der Waals surface area contributed by atoms with Gasteiger partial charge in [0.25, 0.3) is 0 Å². The number of allylic oxidation sites excluding steroid dienone is 1. The Labute approximate surface area is 266 Å². The highest BCUT2D eigenvalue weighted by molar-refractivity contribution is 6.55. The van der Waals surface area contributed by atoms with Crippen molar-refractivity contribution in [3.8, 4) is 23.8 Å². The normalized spacial score (nSPS) is 17.1. The van der Waals surface area contributed by atoms with Gasteiger partial charge in [0.2, 0.25) is 12.3 Å². The summed E-state index contributed by atoms with van der Waals surface area (Å²) in [7, 11) is 1.87. The molecule has 0 saturated heterocycles. The van der Waals surface area contributed by atoms with Gasteiger partial charge in [0.15, 0.2) is 0 Å². The Morgan fingerprint density at radius 3 is 2.42 bits per heavy atom. The zero-order chi connectivity index (χ0) is 31.6. The minimum absolute atomic E-state index is 0.114. The average Bonchev–Trinajstić information content (AvgIpc) is 3.52. The number of carbonyl (C=O) groups excluding carboxylic acids is 1. The molecular formula is C32H30Cl3N5O3. The van der Waals surface area contributed by atoms with Gasteiger partial charge in [0.05, 0.1) is 5.92 Å². The molecule has 1 aliphatic rings. The molecule has 0 amide bonds. The minimum atomic E-state index is -1.03. The number of nitrogens with zero attached hydrogens (tertiary/aromatic N) is 5. The predicted molar refractivity (Wildman–Crippen MR) is 167 cm³/mol. The van der Waals surface area contributed by atoms with Crippen molar-refractivity contribution in [2.45, 2.75) is 33.4 Å². The molecule has 4 rings (SSSR count). The largest absolute Gasteiger partial charge is 0.457 e. The third-order valence-corrected chi connectivity index (χ3v) is 7.41. The van der Waals surface area contributed by atoms with Gasteiger partial charge in [-0.05, 0) is 60.2 Å². The number of amidine groups is 1. The molecule has 1 saturated carbocycles. The van der Waals surface area contributed by atoms with Crippen LogP contribution in [0.1, 0.15) is 38.0 Å². The van der Waals surface area contributed by atoms with Crippen LogP contribution in [0.5, 0.6) is 11.5 Å². The quantitative estimate of drug-likeness (QED) is 0.0803. The van der Waals surface area contributed by atoms with Crippen LogP contribution in [0, 0.1) is 40.0 Å². The maximum atomic E-state index is 12.6. The molecule has 3 aromatic rings. The van der Waals surface area contributed by atoms with Crippen LogP contribution in [0.3, 0.4) is 0 Å². The van der Waals surface area contributed by atoms with Gasteiger partial charge < -0.3 is 14.4 Å². The Morgan fingerprint density at radius 1 is 1.12 bits per heavy atom. The topological polar surface area (TPSA) is 112 Å². The lowest BCUT2D eigenvalue weighted by molar-refractivity contribution is -0.149. The Morgan fingerprint density at radius 2 is 1.81 bits per heavy atom. The van der Waals surface area contributed by atoms with Crippen molar-refractivity contribution >= 4 is 46.6 Å². The Bertz CT molecular complexity index is 1540. The van der Waals surface area contributed by atoms with E-state index < -0.39 is 12.1 Å². The second-order valence-corrected chi connectivity index (χ2v) is 11.7. The minimum Gasteiger partial charge on any atom is -0.457 e. The summed E-state index contributed by atoms with van der Waals surface area (Å²) in [5.74, 6) is 0.963. The van der Waals surface area contributed by atoms with E-state index in [1.54, 1.807) is 55.7 Å². The first-order valence-electron chi connectivity index (χ1n) is 13.2. The van der Waals surface area contributed by atoms with Crippen LogP contribution in [0.25, 0.3) is 0 Å². The van der Waals surface area contributed by atoms with Gasteiger partial charge in [-0.3, -0.25) is 4.79 Å². The Hall–Kier alpha value is -4.08. The number of nitriles is 2. The molecule has 11 heteroatoms. The van der Waals surface area contributed by atoms with Gasteiger partial charge in [-0.2, -0.15) is 15.5 Å². The summed E-state index contributed by atoms with van der Waals surface area (Å²) in [6.07, 6.45) is 4.07. The first-order chi connectivity index (χ1) is 20.5. The second-order valence-electron chi connectivity index (χ2n) is 10.3. The first kappa shape index (κ1) is 33.4. The lowest BCUT2D eigenvalue weighted by atomic mass is 10.1. The van der Waals surface area contributed by atoms with Crippen LogP contribution >= 0.6 is 34.8 Å². The summed E-state index contributed by atoms with van der Waals surface area (Å²) in [5.41, 5.74) is 1.25. The molecule has 3 unspecified atom stereocenters. The summed E-state index contributed by atoms with van der Waals surface area (Å²) in [6, 6.07) is 21.9. The molecule has 1 aliphatic carbocycles. The lowest BCUT2D eigenvalue weighted by Crippen LogP contribution is -2.23. The van der Waals surface area contributed by atoms with Crippen LogP contribution in [0.15, 0.2) is 88.5 Å². The lowest BCUT2D eigenvalue weighted by Gasteiger charge is -2.17. The average molecular weight is 639 g/mol. The number of halogens is 3. The number of rotatable bonds is 8. The van der Waals surface area contributed by atoms with E-state index in [1.807, 2.05) is 68.3 Å². The molecule has 0 aliphatic heterocycles. The van der Waals surface area contributed by atoms with Gasteiger partial charge in [-0.15, -0.1) is 0 Å². The molecule has 0 radical (unpaired) electrons. The maximum absolute atomic E-state index is 12.6. The molecular weight excluding hydrogens is 609 g/mol. The van der Waals surface area contributed by atoms with E-state index >= 15 is 0 Å². The first-order valence-corrected chi connectivity index (χ1v) is 14.3. The van der Waals surface area contributed by atoms with E-state index in [4.69, 9.17) is 49.5 Å². The third kappa shape index (κ3) is 9.73. The number of para-hydroxylation sites is 1. The van der Waals surface area contributed by atoms with Crippen molar-refractivity contribution in [3.05, 3.63) is 99.8 Å². The summed E-state index contributed by atoms with van der Waals surface area (Å²) in [6.45, 7) is 6.31.